The Morgan fingerprint density at radius 1 is 1.15 bits per heavy atom. The van der Waals surface area contributed by atoms with E-state index in [1.807, 2.05) is 0 Å². The van der Waals surface area contributed by atoms with Gasteiger partial charge < -0.3 is 10.6 Å². The molecule has 4 saturated carbocycles. The van der Waals surface area contributed by atoms with Crippen molar-refractivity contribution in [3.05, 3.63) is 12.7 Å². The number of hydrogen-bond donors (Lipinski definition) is 2. The predicted octanol–water partition coefficient (Wildman–Crippen LogP) is 1.62. The van der Waals surface area contributed by atoms with Gasteiger partial charge in [-0.3, -0.25) is 9.59 Å². The summed E-state index contributed by atoms with van der Waals surface area (Å²) in [6.45, 7) is 5.65. The first-order valence-corrected chi connectivity index (χ1v) is 7.72. The SMILES string of the molecule is C=CC(=O)NCC(=O)NC1(C)C2CC3CC(C2)CC1C3. The Morgan fingerprint density at radius 3 is 2.20 bits per heavy atom. The smallest absolute Gasteiger partial charge is 0.243 e. The standard InChI is InChI=1S/C16H24N2O2/c1-3-14(19)17-9-15(20)18-16(2)12-5-10-4-11(7-12)8-13(16)6-10/h3,10-13H,1,4-9H2,2H3,(H,17,19)(H,18,20). The van der Waals surface area contributed by atoms with Gasteiger partial charge >= 0.3 is 0 Å². The minimum Gasteiger partial charge on any atom is -0.349 e. The van der Waals surface area contributed by atoms with E-state index in [1.165, 1.54) is 38.2 Å². The van der Waals surface area contributed by atoms with E-state index >= 15 is 0 Å². The van der Waals surface area contributed by atoms with Crippen LogP contribution in [0.15, 0.2) is 12.7 Å². The van der Waals surface area contributed by atoms with Crippen molar-refractivity contribution in [2.75, 3.05) is 6.54 Å². The van der Waals surface area contributed by atoms with Gasteiger partial charge in [-0.1, -0.05) is 6.58 Å². The van der Waals surface area contributed by atoms with E-state index in [2.05, 4.69) is 24.1 Å². The third-order valence-electron chi connectivity index (χ3n) is 5.85. The third-order valence-corrected chi connectivity index (χ3v) is 5.85. The van der Waals surface area contributed by atoms with Crippen LogP contribution in [0.4, 0.5) is 0 Å². The van der Waals surface area contributed by atoms with Crippen LogP contribution in [0.2, 0.25) is 0 Å². The molecule has 4 rings (SSSR count). The fourth-order valence-corrected chi connectivity index (χ4v) is 4.95. The molecule has 0 aromatic rings. The Kier molecular flexibility index (Phi) is 3.35. The normalized spacial score (nSPS) is 41.2. The Balaban J connectivity index is 1.62. The molecule has 20 heavy (non-hydrogen) atoms. The summed E-state index contributed by atoms with van der Waals surface area (Å²) >= 11 is 0. The highest BCUT2D eigenvalue weighted by Gasteiger charge is 2.55. The van der Waals surface area contributed by atoms with Gasteiger partial charge in [0.05, 0.1) is 6.54 Å². The van der Waals surface area contributed by atoms with Crippen molar-refractivity contribution < 1.29 is 9.59 Å². The lowest BCUT2D eigenvalue weighted by Gasteiger charge is -2.60. The highest BCUT2D eigenvalue weighted by molar-refractivity contribution is 5.90. The Labute approximate surface area is 120 Å². The molecule has 4 nitrogen and oxygen atoms in total. The van der Waals surface area contributed by atoms with Crippen molar-refractivity contribution in [1.82, 2.24) is 10.6 Å². The molecule has 0 unspecified atom stereocenters. The number of carbonyl (C=O) groups is 2. The minimum absolute atomic E-state index is 0.0484. The third kappa shape index (κ3) is 2.25. The lowest BCUT2D eigenvalue weighted by atomic mass is 9.49. The lowest BCUT2D eigenvalue weighted by Crippen LogP contribution is -2.65. The maximum atomic E-state index is 12.1. The van der Waals surface area contributed by atoms with Crippen molar-refractivity contribution in [2.45, 2.75) is 44.6 Å². The first kappa shape index (κ1) is 13.7. The lowest BCUT2D eigenvalue weighted by molar-refractivity contribution is -0.131. The molecule has 4 aliphatic carbocycles. The number of nitrogens with one attached hydrogen (secondary N) is 2. The van der Waals surface area contributed by atoms with Crippen LogP contribution in [-0.2, 0) is 9.59 Å². The molecular formula is C16H24N2O2. The van der Waals surface area contributed by atoms with Crippen LogP contribution in [0.3, 0.4) is 0 Å². The summed E-state index contributed by atoms with van der Waals surface area (Å²) in [5.41, 5.74) is -0.0661. The van der Waals surface area contributed by atoms with Gasteiger partial charge in [0.1, 0.15) is 0 Å². The molecule has 4 fully saturated rings. The summed E-state index contributed by atoms with van der Waals surface area (Å²) in [6, 6.07) is 0. The van der Waals surface area contributed by atoms with Crippen LogP contribution in [0.1, 0.15) is 39.0 Å². The van der Waals surface area contributed by atoms with Crippen molar-refractivity contribution in [3.63, 3.8) is 0 Å². The second kappa shape index (κ2) is 4.90. The molecular weight excluding hydrogens is 252 g/mol. The van der Waals surface area contributed by atoms with Crippen LogP contribution in [0.25, 0.3) is 0 Å². The van der Waals surface area contributed by atoms with Crippen LogP contribution >= 0.6 is 0 Å². The van der Waals surface area contributed by atoms with Crippen molar-refractivity contribution in [1.29, 1.82) is 0 Å². The monoisotopic (exact) mass is 276 g/mol. The molecule has 2 amide bonds. The fourth-order valence-electron chi connectivity index (χ4n) is 4.95. The van der Waals surface area contributed by atoms with Crippen molar-refractivity contribution in [2.24, 2.45) is 23.7 Å². The van der Waals surface area contributed by atoms with Gasteiger partial charge in [-0.15, -0.1) is 0 Å². The highest BCUT2D eigenvalue weighted by atomic mass is 16.2. The maximum Gasteiger partial charge on any atom is 0.243 e. The number of rotatable bonds is 4. The molecule has 4 heteroatoms. The first-order valence-electron chi connectivity index (χ1n) is 7.72. The molecule has 0 aromatic heterocycles. The summed E-state index contributed by atoms with van der Waals surface area (Å²) in [4.78, 5) is 23.2. The van der Waals surface area contributed by atoms with Crippen LogP contribution < -0.4 is 10.6 Å². The molecule has 4 aliphatic rings. The van der Waals surface area contributed by atoms with Gasteiger partial charge in [-0.25, -0.2) is 0 Å². The average molecular weight is 276 g/mol. The average Bonchev–Trinajstić information content (AvgIpc) is 2.41. The van der Waals surface area contributed by atoms with Crippen molar-refractivity contribution >= 4 is 11.8 Å². The van der Waals surface area contributed by atoms with Crippen molar-refractivity contribution in [3.8, 4) is 0 Å². The van der Waals surface area contributed by atoms with Crippen LogP contribution in [0, 0.1) is 23.7 Å². The van der Waals surface area contributed by atoms with E-state index in [0.29, 0.717) is 11.8 Å². The quantitative estimate of drug-likeness (QED) is 0.767. The van der Waals surface area contributed by atoms with Crippen LogP contribution in [0.5, 0.6) is 0 Å². The molecule has 0 aliphatic heterocycles. The zero-order valence-electron chi connectivity index (χ0n) is 12.2. The molecule has 0 heterocycles. The van der Waals surface area contributed by atoms with E-state index in [-0.39, 0.29) is 23.9 Å². The number of hydrogen-bond acceptors (Lipinski definition) is 2. The predicted molar refractivity (Wildman–Crippen MR) is 76.8 cm³/mol. The van der Waals surface area contributed by atoms with E-state index < -0.39 is 0 Å². The van der Waals surface area contributed by atoms with Gasteiger partial charge in [0.2, 0.25) is 11.8 Å². The fraction of sp³-hybridized carbons (Fsp3) is 0.750. The molecule has 0 aromatic carbocycles. The topological polar surface area (TPSA) is 58.2 Å². The Hall–Kier alpha value is -1.32. The second-order valence-electron chi connectivity index (χ2n) is 7.06. The second-order valence-corrected chi connectivity index (χ2v) is 7.06. The minimum atomic E-state index is -0.296. The number of amides is 2. The number of carbonyl (C=O) groups excluding carboxylic acids is 2. The van der Waals surface area contributed by atoms with Gasteiger partial charge in [0.15, 0.2) is 0 Å². The zero-order valence-corrected chi connectivity index (χ0v) is 12.2. The van der Waals surface area contributed by atoms with E-state index in [9.17, 15) is 9.59 Å². The molecule has 0 radical (unpaired) electrons. The molecule has 0 saturated heterocycles. The summed E-state index contributed by atoms with van der Waals surface area (Å²) in [5.74, 6) is 2.66. The molecule has 2 N–H and O–H groups in total. The summed E-state index contributed by atoms with van der Waals surface area (Å²) < 4.78 is 0. The molecule has 0 atom stereocenters. The van der Waals surface area contributed by atoms with Gasteiger partial charge in [-0.2, -0.15) is 0 Å². The largest absolute Gasteiger partial charge is 0.349 e. The molecule has 0 spiro atoms. The Bertz CT molecular complexity index is 416. The van der Waals surface area contributed by atoms with E-state index in [4.69, 9.17) is 0 Å². The zero-order chi connectivity index (χ0) is 14.3. The van der Waals surface area contributed by atoms with E-state index in [1.54, 1.807) is 0 Å². The van der Waals surface area contributed by atoms with Gasteiger partial charge in [-0.05, 0) is 68.8 Å². The van der Waals surface area contributed by atoms with E-state index in [0.717, 1.165) is 11.8 Å². The Morgan fingerprint density at radius 2 is 1.70 bits per heavy atom. The van der Waals surface area contributed by atoms with Crippen LogP contribution in [-0.4, -0.2) is 23.9 Å². The summed E-state index contributed by atoms with van der Waals surface area (Å²) in [6.07, 6.45) is 7.67. The highest BCUT2D eigenvalue weighted by Crippen LogP contribution is 2.58. The van der Waals surface area contributed by atoms with Gasteiger partial charge in [0, 0.05) is 5.54 Å². The first-order chi connectivity index (χ1) is 9.51. The van der Waals surface area contributed by atoms with Gasteiger partial charge in [0.25, 0.3) is 0 Å². The summed E-state index contributed by atoms with van der Waals surface area (Å²) in [5, 5.41) is 5.78. The maximum absolute atomic E-state index is 12.1. The molecule has 110 valence electrons. The summed E-state index contributed by atoms with van der Waals surface area (Å²) in [7, 11) is 0. The molecule has 4 bridgehead atoms.